The van der Waals surface area contributed by atoms with Crippen LogP contribution in [0.1, 0.15) is 18.7 Å². The van der Waals surface area contributed by atoms with Gasteiger partial charge in [-0.25, -0.2) is 4.98 Å². The Morgan fingerprint density at radius 3 is 2.68 bits per heavy atom. The molecule has 0 radical (unpaired) electrons. The van der Waals surface area contributed by atoms with Gasteiger partial charge in [0, 0.05) is 19.6 Å². The lowest BCUT2D eigenvalue weighted by Crippen LogP contribution is -2.58. The smallest absolute Gasteiger partial charge is 0.261 e. The number of carbonyl (C=O) groups excluding carboxylic acids is 1. The first-order chi connectivity index (χ1) is 12.0. The van der Waals surface area contributed by atoms with Crippen LogP contribution in [-0.2, 0) is 11.3 Å². The van der Waals surface area contributed by atoms with Crippen molar-refractivity contribution in [3.05, 3.63) is 40.4 Å². The van der Waals surface area contributed by atoms with Crippen LogP contribution in [0.15, 0.2) is 29.1 Å². The number of hydrogen-bond donors (Lipinski definition) is 0. The predicted octanol–water partition coefficient (Wildman–Crippen LogP) is 1.26. The number of aryl methyl sites for hydroxylation is 1. The van der Waals surface area contributed by atoms with Crippen molar-refractivity contribution in [2.75, 3.05) is 26.7 Å². The van der Waals surface area contributed by atoms with E-state index in [-0.39, 0.29) is 24.1 Å². The van der Waals surface area contributed by atoms with E-state index >= 15 is 0 Å². The van der Waals surface area contributed by atoms with Gasteiger partial charge in [0.1, 0.15) is 12.4 Å². The van der Waals surface area contributed by atoms with Crippen molar-refractivity contribution in [2.45, 2.75) is 32.4 Å². The van der Waals surface area contributed by atoms with Crippen molar-refractivity contribution in [3.8, 4) is 0 Å². The number of rotatable bonds is 3. The third-order valence-corrected chi connectivity index (χ3v) is 5.86. The quantitative estimate of drug-likeness (QED) is 0.844. The Bertz CT molecular complexity index is 867. The molecule has 0 spiro atoms. The van der Waals surface area contributed by atoms with Crippen LogP contribution in [0.2, 0.25) is 0 Å². The van der Waals surface area contributed by atoms with Gasteiger partial charge in [-0.15, -0.1) is 0 Å². The van der Waals surface area contributed by atoms with E-state index in [0.29, 0.717) is 22.6 Å². The van der Waals surface area contributed by atoms with E-state index in [9.17, 15) is 9.59 Å². The Morgan fingerprint density at radius 1 is 1.28 bits per heavy atom. The summed E-state index contributed by atoms with van der Waals surface area (Å²) in [5, 5.41) is 0.561. The fourth-order valence-electron chi connectivity index (χ4n) is 4.27. The highest BCUT2D eigenvalue weighted by Gasteiger charge is 2.37. The van der Waals surface area contributed by atoms with Crippen LogP contribution in [0.25, 0.3) is 10.9 Å². The molecule has 3 saturated heterocycles. The minimum absolute atomic E-state index is 0.0129. The van der Waals surface area contributed by atoms with Crippen molar-refractivity contribution >= 4 is 16.8 Å². The van der Waals surface area contributed by atoms with E-state index in [2.05, 4.69) is 9.88 Å². The first-order valence-corrected chi connectivity index (χ1v) is 8.99. The molecule has 25 heavy (non-hydrogen) atoms. The van der Waals surface area contributed by atoms with E-state index in [1.54, 1.807) is 13.0 Å². The van der Waals surface area contributed by atoms with E-state index in [1.165, 1.54) is 17.4 Å². The number of nitrogens with zero attached hydrogens (tertiary/aromatic N) is 4. The van der Waals surface area contributed by atoms with Crippen LogP contribution in [0.4, 0.5) is 0 Å². The highest BCUT2D eigenvalue weighted by Crippen LogP contribution is 2.30. The van der Waals surface area contributed by atoms with Crippen LogP contribution < -0.4 is 5.56 Å². The van der Waals surface area contributed by atoms with Gasteiger partial charge in [0.05, 0.1) is 10.9 Å². The molecule has 1 aromatic carbocycles. The van der Waals surface area contributed by atoms with Crippen molar-refractivity contribution in [3.63, 3.8) is 0 Å². The Balaban J connectivity index is 1.58. The minimum Gasteiger partial charge on any atom is -0.340 e. The molecule has 0 aliphatic carbocycles. The number of likely N-dealkylation sites (N-methyl/N-ethyl adjacent to an activating group) is 1. The molecule has 1 atom stereocenters. The fourth-order valence-corrected chi connectivity index (χ4v) is 4.27. The second-order valence-electron chi connectivity index (χ2n) is 7.28. The Kier molecular flexibility index (Phi) is 4.07. The molecule has 132 valence electrons. The molecule has 0 N–H and O–H groups in total. The molecule has 0 unspecified atom stereocenters. The zero-order valence-corrected chi connectivity index (χ0v) is 14.8. The Labute approximate surface area is 147 Å². The zero-order valence-electron chi connectivity index (χ0n) is 14.8. The van der Waals surface area contributed by atoms with Gasteiger partial charge < -0.3 is 9.80 Å². The van der Waals surface area contributed by atoms with Crippen molar-refractivity contribution in [1.29, 1.82) is 0 Å². The molecule has 2 aromatic rings. The summed E-state index contributed by atoms with van der Waals surface area (Å²) >= 11 is 0. The van der Waals surface area contributed by atoms with E-state index < -0.39 is 0 Å². The van der Waals surface area contributed by atoms with Gasteiger partial charge in [-0.05, 0) is 50.9 Å². The molecule has 3 fully saturated rings. The monoisotopic (exact) mass is 340 g/mol. The van der Waals surface area contributed by atoms with E-state index in [1.807, 2.05) is 30.1 Å². The second-order valence-corrected chi connectivity index (χ2v) is 7.28. The number of fused-ring (bicyclic) bond motifs is 4. The second kappa shape index (κ2) is 6.26. The molecule has 1 aromatic heterocycles. The lowest BCUT2D eigenvalue weighted by molar-refractivity contribution is -0.136. The summed E-state index contributed by atoms with van der Waals surface area (Å²) < 4.78 is 1.50. The van der Waals surface area contributed by atoms with Crippen LogP contribution in [-0.4, -0.2) is 58.0 Å². The highest BCUT2D eigenvalue weighted by atomic mass is 16.2. The van der Waals surface area contributed by atoms with Crippen molar-refractivity contribution in [1.82, 2.24) is 19.4 Å². The van der Waals surface area contributed by atoms with Crippen LogP contribution in [0.3, 0.4) is 0 Å². The summed E-state index contributed by atoms with van der Waals surface area (Å²) in [6.07, 6.45) is 2.33. The number of para-hydroxylation sites is 1. The maximum absolute atomic E-state index is 12.8. The Morgan fingerprint density at radius 2 is 2.00 bits per heavy atom. The molecule has 6 nitrogen and oxygen atoms in total. The lowest BCUT2D eigenvalue weighted by Gasteiger charge is -2.48. The molecule has 1 amide bonds. The maximum Gasteiger partial charge on any atom is 0.261 e. The maximum atomic E-state index is 12.8. The van der Waals surface area contributed by atoms with Crippen LogP contribution in [0.5, 0.6) is 0 Å². The number of aromatic nitrogens is 2. The number of hydrogen-bond acceptors (Lipinski definition) is 4. The third-order valence-electron chi connectivity index (χ3n) is 5.86. The first-order valence-electron chi connectivity index (χ1n) is 8.99. The van der Waals surface area contributed by atoms with Gasteiger partial charge in [0.25, 0.3) is 5.56 Å². The summed E-state index contributed by atoms with van der Waals surface area (Å²) in [5.41, 5.74) is 0.540. The number of carbonyl (C=O) groups is 1. The summed E-state index contributed by atoms with van der Waals surface area (Å²) in [4.78, 5) is 34.4. The molecule has 5 rings (SSSR count). The fraction of sp³-hybridized carbons (Fsp3) is 0.526. The molecular weight excluding hydrogens is 316 g/mol. The number of piperidine rings is 3. The average molecular weight is 340 g/mol. The number of benzene rings is 1. The zero-order chi connectivity index (χ0) is 17.6. The molecular formula is C19H24N4O2. The lowest BCUT2D eigenvalue weighted by atomic mass is 9.83. The summed E-state index contributed by atoms with van der Waals surface area (Å²) in [6.45, 7) is 5.10. The van der Waals surface area contributed by atoms with Crippen molar-refractivity contribution in [2.24, 2.45) is 5.92 Å². The first kappa shape index (κ1) is 16.3. The standard InChI is InChI=1S/C19H24N4O2/c1-13-20-16-6-4-3-5-15(16)19(25)23(13)12-18(24)21(2)17-11-22-9-7-14(17)8-10-22/h3-6,14,17H,7-12H2,1-2H3/t17-/m0/s1. The van der Waals surface area contributed by atoms with Crippen LogP contribution >= 0.6 is 0 Å². The van der Waals surface area contributed by atoms with Gasteiger partial charge in [0.15, 0.2) is 0 Å². The summed E-state index contributed by atoms with van der Waals surface area (Å²) in [5.74, 6) is 1.16. The van der Waals surface area contributed by atoms with E-state index in [4.69, 9.17) is 0 Å². The Hall–Kier alpha value is -2.21. The topological polar surface area (TPSA) is 58.4 Å². The largest absolute Gasteiger partial charge is 0.340 e. The predicted molar refractivity (Wildman–Crippen MR) is 96.5 cm³/mol. The molecule has 0 saturated carbocycles. The highest BCUT2D eigenvalue weighted by molar-refractivity contribution is 5.79. The normalized spacial score (nSPS) is 25.3. The summed E-state index contributed by atoms with van der Waals surface area (Å²) in [6, 6.07) is 7.55. The van der Waals surface area contributed by atoms with Crippen LogP contribution in [0, 0.1) is 12.8 Å². The number of amides is 1. The van der Waals surface area contributed by atoms with Gasteiger partial charge in [-0.3, -0.25) is 14.2 Å². The summed E-state index contributed by atoms with van der Waals surface area (Å²) in [7, 11) is 1.88. The van der Waals surface area contributed by atoms with Crippen molar-refractivity contribution < 1.29 is 4.79 Å². The van der Waals surface area contributed by atoms with Gasteiger partial charge in [-0.2, -0.15) is 0 Å². The molecule has 4 heterocycles. The van der Waals surface area contributed by atoms with Gasteiger partial charge >= 0.3 is 0 Å². The minimum atomic E-state index is -0.140. The third kappa shape index (κ3) is 2.84. The molecule has 2 bridgehead atoms. The average Bonchev–Trinajstić information content (AvgIpc) is 2.65. The molecule has 3 aliphatic heterocycles. The van der Waals surface area contributed by atoms with Gasteiger partial charge in [-0.1, -0.05) is 12.1 Å². The van der Waals surface area contributed by atoms with E-state index in [0.717, 1.165) is 19.6 Å². The van der Waals surface area contributed by atoms with Gasteiger partial charge in [0.2, 0.25) is 5.91 Å². The molecule has 6 heteroatoms. The molecule has 3 aliphatic rings. The SMILES string of the molecule is Cc1nc2ccccc2c(=O)n1CC(=O)N(C)[C@H]1CN2CCC1CC2.